The van der Waals surface area contributed by atoms with E-state index >= 15 is 0 Å². The van der Waals surface area contributed by atoms with E-state index in [9.17, 15) is 8.42 Å². The molecule has 1 aliphatic heterocycles. The number of aryl methyl sites for hydroxylation is 2. The van der Waals surface area contributed by atoms with Gasteiger partial charge in [-0.1, -0.05) is 42.5 Å². The number of aromatic nitrogens is 3. The molecule has 0 spiro atoms. The lowest BCUT2D eigenvalue weighted by Gasteiger charge is -2.34. The Labute approximate surface area is 182 Å². The summed E-state index contributed by atoms with van der Waals surface area (Å²) >= 11 is 5.40. The first kappa shape index (κ1) is 20.9. The van der Waals surface area contributed by atoms with E-state index in [0.717, 1.165) is 22.5 Å². The summed E-state index contributed by atoms with van der Waals surface area (Å²) in [6.07, 6.45) is 0. The van der Waals surface area contributed by atoms with Crippen LogP contribution in [0.3, 0.4) is 0 Å². The maximum absolute atomic E-state index is 13.1. The van der Waals surface area contributed by atoms with Crippen molar-refractivity contribution in [2.45, 2.75) is 25.4 Å². The Morgan fingerprint density at radius 1 is 1.03 bits per heavy atom. The van der Waals surface area contributed by atoms with E-state index < -0.39 is 10.0 Å². The maximum atomic E-state index is 13.1. The summed E-state index contributed by atoms with van der Waals surface area (Å²) in [5.41, 5.74) is 2.70. The second-order valence-electron chi connectivity index (χ2n) is 7.58. The Morgan fingerprint density at radius 3 is 2.43 bits per heavy atom. The summed E-state index contributed by atoms with van der Waals surface area (Å²) in [6.45, 7) is 6.46. The van der Waals surface area contributed by atoms with Crippen LogP contribution in [0.5, 0.6) is 0 Å². The fourth-order valence-corrected chi connectivity index (χ4v) is 5.54. The molecule has 0 aliphatic carbocycles. The second-order valence-corrected chi connectivity index (χ2v) is 9.85. The molecule has 158 valence electrons. The monoisotopic (exact) mass is 443 g/mol. The fraction of sp³-hybridized carbons (Fsp3) is 0.333. The van der Waals surface area contributed by atoms with E-state index in [1.807, 2.05) is 61.0 Å². The molecule has 0 saturated carbocycles. The van der Waals surface area contributed by atoms with Crippen molar-refractivity contribution in [3.63, 3.8) is 0 Å². The van der Waals surface area contributed by atoms with Crippen molar-refractivity contribution < 1.29 is 8.42 Å². The molecule has 1 saturated heterocycles. The molecule has 1 aromatic heterocycles. The lowest BCUT2D eigenvalue weighted by atomic mass is 10.2. The Morgan fingerprint density at radius 2 is 1.73 bits per heavy atom. The van der Waals surface area contributed by atoms with Crippen LogP contribution in [0.15, 0.2) is 53.4 Å². The van der Waals surface area contributed by atoms with Crippen LogP contribution in [0, 0.1) is 18.6 Å². The van der Waals surface area contributed by atoms with E-state index in [-0.39, 0.29) is 0 Å². The zero-order valence-corrected chi connectivity index (χ0v) is 18.7. The van der Waals surface area contributed by atoms with E-state index in [0.29, 0.717) is 42.5 Å². The molecule has 1 aliphatic rings. The topological polar surface area (TPSA) is 74.2 Å². The Balaban J connectivity index is 1.44. The first-order valence-electron chi connectivity index (χ1n) is 9.86. The van der Waals surface area contributed by atoms with Crippen LogP contribution < -0.4 is 0 Å². The highest BCUT2D eigenvalue weighted by Crippen LogP contribution is 2.22. The molecule has 9 heteroatoms. The molecule has 4 rings (SSSR count). The molecule has 1 fully saturated rings. The molecule has 0 atom stereocenters. The summed E-state index contributed by atoms with van der Waals surface area (Å²) in [5, 5.41) is 3.25. The van der Waals surface area contributed by atoms with Gasteiger partial charge in [-0.3, -0.25) is 10.00 Å². The minimum Gasteiger partial charge on any atom is -0.282 e. The molecule has 30 heavy (non-hydrogen) atoms. The van der Waals surface area contributed by atoms with Crippen LogP contribution in [-0.4, -0.2) is 58.6 Å². The van der Waals surface area contributed by atoms with Crippen molar-refractivity contribution >= 4 is 22.2 Å². The minimum atomic E-state index is -3.49. The summed E-state index contributed by atoms with van der Waals surface area (Å²) in [7, 11) is -3.49. The highest BCUT2D eigenvalue weighted by molar-refractivity contribution is 7.89. The number of sulfonamides is 1. The van der Waals surface area contributed by atoms with Gasteiger partial charge in [0.15, 0.2) is 5.82 Å². The van der Waals surface area contributed by atoms with Crippen LogP contribution in [0.4, 0.5) is 0 Å². The smallest absolute Gasteiger partial charge is 0.243 e. The van der Waals surface area contributed by atoms with Crippen molar-refractivity contribution in [2.24, 2.45) is 0 Å². The molecule has 0 radical (unpaired) electrons. The van der Waals surface area contributed by atoms with Gasteiger partial charge in [-0.25, -0.2) is 13.1 Å². The molecule has 2 heterocycles. The Kier molecular flexibility index (Phi) is 5.88. The van der Waals surface area contributed by atoms with Gasteiger partial charge in [-0.2, -0.15) is 9.29 Å². The summed E-state index contributed by atoms with van der Waals surface area (Å²) in [4.78, 5) is 7.03. The van der Waals surface area contributed by atoms with Gasteiger partial charge in [0.05, 0.1) is 11.6 Å². The molecule has 0 unspecified atom stereocenters. The van der Waals surface area contributed by atoms with Crippen molar-refractivity contribution in [2.75, 3.05) is 26.2 Å². The highest BCUT2D eigenvalue weighted by atomic mass is 32.2. The first-order valence-corrected chi connectivity index (χ1v) is 11.7. The molecular weight excluding hydrogens is 418 g/mol. The van der Waals surface area contributed by atoms with Gasteiger partial charge < -0.3 is 0 Å². The lowest BCUT2D eigenvalue weighted by molar-refractivity contribution is 0.145. The molecule has 7 nitrogen and oxygen atoms in total. The van der Waals surface area contributed by atoms with Gasteiger partial charge >= 0.3 is 0 Å². The van der Waals surface area contributed by atoms with E-state index in [1.54, 1.807) is 10.4 Å². The normalized spacial score (nSPS) is 16.1. The average molecular weight is 444 g/mol. The van der Waals surface area contributed by atoms with Gasteiger partial charge in [0.25, 0.3) is 0 Å². The third kappa shape index (κ3) is 4.24. The first-order chi connectivity index (χ1) is 14.3. The lowest BCUT2D eigenvalue weighted by Crippen LogP contribution is -2.49. The average Bonchev–Trinajstić information content (AvgIpc) is 3.11. The minimum absolute atomic E-state index is 0.402. The molecule has 3 aromatic rings. The van der Waals surface area contributed by atoms with E-state index in [1.165, 1.54) is 0 Å². The number of nitrogens with one attached hydrogen (secondary N) is 1. The molecule has 1 N–H and O–H groups in total. The third-order valence-corrected chi connectivity index (χ3v) is 7.71. The summed E-state index contributed by atoms with van der Waals surface area (Å²) < 4.78 is 30.1. The van der Waals surface area contributed by atoms with Crippen LogP contribution in [0.2, 0.25) is 0 Å². The number of piperazine rings is 1. The van der Waals surface area contributed by atoms with Crippen LogP contribution in [0.1, 0.15) is 11.1 Å². The maximum Gasteiger partial charge on any atom is 0.243 e. The van der Waals surface area contributed by atoms with E-state index in [4.69, 9.17) is 12.2 Å². The van der Waals surface area contributed by atoms with E-state index in [2.05, 4.69) is 15.0 Å². The molecule has 0 amide bonds. The van der Waals surface area contributed by atoms with Gasteiger partial charge in [0, 0.05) is 31.7 Å². The number of aromatic amines is 1. The third-order valence-electron chi connectivity index (χ3n) is 5.36. The predicted octanol–water partition coefficient (Wildman–Crippen LogP) is 3.19. The quantitative estimate of drug-likeness (QED) is 0.613. The number of nitrogens with zero attached hydrogens (tertiary/aromatic N) is 4. The zero-order valence-electron chi connectivity index (χ0n) is 17.1. The van der Waals surface area contributed by atoms with Crippen molar-refractivity contribution in [3.05, 3.63) is 64.4 Å². The SMILES string of the molecule is Cc1ccc(C)c(S(=O)(=O)N2CCN(Cn3[nH]c(-c4ccccc4)nc3=S)CC2)c1. The number of rotatable bonds is 5. The number of hydrogen-bond donors (Lipinski definition) is 1. The largest absolute Gasteiger partial charge is 0.282 e. The van der Waals surface area contributed by atoms with Crippen molar-refractivity contribution in [1.82, 2.24) is 24.0 Å². The molecule has 2 aromatic carbocycles. The van der Waals surface area contributed by atoms with Crippen molar-refractivity contribution in [1.29, 1.82) is 0 Å². The summed E-state index contributed by atoms with van der Waals surface area (Å²) in [5.74, 6) is 0.733. The second kappa shape index (κ2) is 8.43. The van der Waals surface area contributed by atoms with Gasteiger partial charge in [0.1, 0.15) is 0 Å². The predicted molar refractivity (Wildman–Crippen MR) is 119 cm³/mol. The van der Waals surface area contributed by atoms with Crippen LogP contribution >= 0.6 is 12.2 Å². The fourth-order valence-electron chi connectivity index (χ4n) is 3.61. The summed E-state index contributed by atoms with van der Waals surface area (Å²) in [6, 6.07) is 15.4. The molecule has 0 bridgehead atoms. The zero-order chi connectivity index (χ0) is 21.3. The number of benzene rings is 2. The van der Waals surface area contributed by atoms with Gasteiger partial charge in [-0.05, 0) is 43.3 Å². The van der Waals surface area contributed by atoms with Crippen LogP contribution in [0.25, 0.3) is 11.4 Å². The number of H-pyrrole nitrogens is 1. The van der Waals surface area contributed by atoms with Crippen LogP contribution in [-0.2, 0) is 16.7 Å². The van der Waals surface area contributed by atoms with Gasteiger partial charge in [-0.15, -0.1) is 0 Å². The Hall–Kier alpha value is -2.33. The van der Waals surface area contributed by atoms with Gasteiger partial charge in [0.2, 0.25) is 14.8 Å². The molecular formula is C21H25N5O2S2. The Bertz CT molecular complexity index is 1190. The standard InChI is InChI=1S/C21H25N5O2S2/c1-16-8-9-17(2)19(14-16)30(27,28)25-12-10-24(11-13-25)15-26-21(29)22-20(23-26)18-6-4-3-5-7-18/h3-9,14H,10-13,15H2,1-2H3,(H,22,23,29). The number of hydrogen-bond acceptors (Lipinski definition) is 5. The highest BCUT2D eigenvalue weighted by Gasteiger charge is 2.29. The van der Waals surface area contributed by atoms with Crippen molar-refractivity contribution in [3.8, 4) is 11.4 Å².